The first-order valence-electron chi connectivity index (χ1n) is 7.79. The van der Waals surface area contributed by atoms with Gasteiger partial charge in [-0.15, -0.1) is 0 Å². The lowest BCUT2D eigenvalue weighted by Gasteiger charge is -2.22. The monoisotopic (exact) mass is 342 g/mol. The summed E-state index contributed by atoms with van der Waals surface area (Å²) in [7, 11) is 0. The van der Waals surface area contributed by atoms with Crippen LogP contribution in [0.25, 0.3) is 21.9 Å². The number of furan rings is 1. The Hall–Kier alpha value is -1.28. The van der Waals surface area contributed by atoms with Crippen molar-refractivity contribution in [2.24, 2.45) is 11.8 Å². The molecule has 0 N–H and O–H groups in total. The van der Waals surface area contributed by atoms with E-state index in [0.29, 0.717) is 4.83 Å². The zero-order valence-corrected chi connectivity index (χ0v) is 13.8. The molecule has 21 heavy (non-hydrogen) atoms. The van der Waals surface area contributed by atoms with Gasteiger partial charge in [-0.1, -0.05) is 60.0 Å². The van der Waals surface area contributed by atoms with Crippen molar-refractivity contribution in [3.63, 3.8) is 0 Å². The molecule has 4 rings (SSSR count). The highest BCUT2D eigenvalue weighted by atomic mass is 79.9. The van der Waals surface area contributed by atoms with Crippen LogP contribution in [0.3, 0.4) is 0 Å². The van der Waals surface area contributed by atoms with Crippen LogP contribution in [0.5, 0.6) is 0 Å². The largest absolute Gasteiger partial charge is 0.456 e. The van der Waals surface area contributed by atoms with Crippen molar-refractivity contribution in [1.82, 2.24) is 0 Å². The standard InChI is InChI=1S/C19H19BrO/c1-12-5-4-7-14(12)19(20)13-9-10-18-16(11-13)15-6-2-3-8-17(15)21-18/h2-3,6,8-12,14,19H,4-5,7H2,1H3. The number of para-hydroxylation sites is 1. The van der Waals surface area contributed by atoms with Crippen LogP contribution < -0.4 is 0 Å². The van der Waals surface area contributed by atoms with E-state index in [1.807, 2.05) is 12.1 Å². The highest BCUT2D eigenvalue weighted by Crippen LogP contribution is 2.45. The van der Waals surface area contributed by atoms with Crippen molar-refractivity contribution in [3.8, 4) is 0 Å². The number of hydrogen-bond acceptors (Lipinski definition) is 1. The molecule has 1 saturated carbocycles. The molecular formula is C19H19BrO. The number of benzene rings is 2. The predicted molar refractivity (Wildman–Crippen MR) is 91.9 cm³/mol. The number of fused-ring (bicyclic) bond motifs is 3. The van der Waals surface area contributed by atoms with Gasteiger partial charge in [0.05, 0.1) is 0 Å². The second-order valence-corrected chi connectivity index (χ2v) is 7.31. The van der Waals surface area contributed by atoms with Gasteiger partial charge in [0.2, 0.25) is 0 Å². The summed E-state index contributed by atoms with van der Waals surface area (Å²) in [6.45, 7) is 2.39. The maximum absolute atomic E-state index is 5.92. The molecule has 3 unspecified atom stereocenters. The lowest BCUT2D eigenvalue weighted by molar-refractivity contribution is 0.414. The fraction of sp³-hybridized carbons (Fsp3) is 0.368. The molecule has 108 valence electrons. The third kappa shape index (κ3) is 2.20. The quantitative estimate of drug-likeness (QED) is 0.487. The van der Waals surface area contributed by atoms with Crippen LogP contribution in [0.2, 0.25) is 0 Å². The molecule has 1 aliphatic rings. The van der Waals surface area contributed by atoms with Gasteiger partial charge in [0, 0.05) is 15.6 Å². The SMILES string of the molecule is CC1CCCC1C(Br)c1ccc2oc3ccccc3c2c1. The van der Waals surface area contributed by atoms with Crippen molar-refractivity contribution in [3.05, 3.63) is 48.0 Å². The van der Waals surface area contributed by atoms with E-state index in [-0.39, 0.29) is 0 Å². The number of hydrogen-bond donors (Lipinski definition) is 0. The Morgan fingerprint density at radius 1 is 1.05 bits per heavy atom. The molecule has 0 aliphatic heterocycles. The molecule has 0 bridgehead atoms. The summed E-state index contributed by atoms with van der Waals surface area (Å²) in [5.74, 6) is 1.56. The van der Waals surface area contributed by atoms with Crippen LogP contribution in [0.1, 0.15) is 36.6 Å². The molecule has 0 saturated heterocycles. The average molecular weight is 343 g/mol. The van der Waals surface area contributed by atoms with E-state index in [9.17, 15) is 0 Å². The van der Waals surface area contributed by atoms with E-state index < -0.39 is 0 Å². The summed E-state index contributed by atoms with van der Waals surface area (Å²) in [4.78, 5) is 0.452. The van der Waals surface area contributed by atoms with E-state index in [1.54, 1.807) is 0 Å². The zero-order valence-electron chi connectivity index (χ0n) is 12.2. The Morgan fingerprint density at radius 2 is 1.86 bits per heavy atom. The van der Waals surface area contributed by atoms with Gasteiger partial charge in [0.15, 0.2) is 0 Å². The minimum Gasteiger partial charge on any atom is -0.456 e. The van der Waals surface area contributed by atoms with Crippen LogP contribution in [-0.4, -0.2) is 0 Å². The van der Waals surface area contributed by atoms with Gasteiger partial charge in [-0.3, -0.25) is 0 Å². The molecule has 1 aliphatic carbocycles. The Labute approximate surface area is 133 Å². The van der Waals surface area contributed by atoms with Crippen LogP contribution in [0.4, 0.5) is 0 Å². The fourth-order valence-corrected chi connectivity index (χ4v) is 4.84. The summed E-state index contributed by atoms with van der Waals surface area (Å²) < 4.78 is 5.92. The molecule has 1 nitrogen and oxygen atoms in total. The number of rotatable bonds is 2. The molecule has 0 radical (unpaired) electrons. The van der Waals surface area contributed by atoms with Crippen LogP contribution >= 0.6 is 15.9 Å². The molecule has 2 heteroatoms. The minimum absolute atomic E-state index is 0.452. The molecule has 1 fully saturated rings. The van der Waals surface area contributed by atoms with Crippen molar-refractivity contribution < 1.29 is 4.42 Å². The molecule has 3 aromatic rings. The third-order valence-electron chi connectivity index (χ3n) is 5.02. The van der Waals surface area contributed by atoms with Crippen molar-refractivity contribution in [2.45, 2.75) is 31.0 Å². The van der Waals surface area contributed by atoms with Gasteiger partial charge < -0.3 is 4.42 Å². The summed E-state index contributed by atoms with van der Waals surface area (Å²) in [6.07, 6.45) is 4.07. The highest BCUT2D eigenvalue weighted by molar-refractivity contribution is 9.09. The topological polar surface area (TPSA) is 13.1 Å². The fourth-order valence-electron chi connectivity index (χ4n) is 3.77. The second-order valence-electron chi connectivity index (χ2n) is 6.33. The lowest BCUT2D eigenvalue weighted by atomic mass is 9.90. The highest BCUT2D eigenvalue weighted by Gasteiger charge is 2.30. The molecule has 0 amide bonds. The maximum atomic E-state index is 5.92. The van der Waals surface area contributed by atoms with E-state index in [2.05, 4.69) is 53.2 Å². The van der Waals surface area contributed by atoms with Crippen molar-refractivity contribution >= 4 is 37.9 Å². The van der Waals surface area contributed by atoms with Crippen molar-refractivity contribution in [2.75, 3.05) is 0 Å². The van der Waals surface area contributed by atoms with Crippen LogP contribution in [-0.2, 0) is 0 Å². The molecule has 1 aromatic heterocycles. The lowest BCUT2D eigenvalue weighted by Crippen LogP contribution is -2.10. The summed E-state index contributed by atoms with van der Waals surface area (Å²) in [6, 6.07) is 14.9. The summed E-state index contributed by atoms with van der Waals surface area (Å²) in [5, 5.41) is 2.45. The summed E-state index contributed by atoms with van der Waals surface area (Å²) >= 11 is 3.96. The molecule has 2 aromatic carbocycles. The molecule has 0 spiro atoms. The van der Waals surface area contributed by atoms with E-state index in [1.165, 1.54) is 35.6 Å². The van der Waals surface area contributed by atoms with E-state index >= 15 is 0 Å². The van der Waals surface area contributed by atoms with Crippen LogP contribution in [0, 0.1) is 11.8 Å². The summed E-state index contributed by atoms with van der Waals surface area (Å²) in [5.41, 5.74) is 3.34. The van der Waals surface area contributed by atoms with Gasteiger partial charge in [-0.2, -0.15) is 0 Å². The Bertz CT molecular complexity index is 788. The Kier molecular flexibility index (Phi) is 3.30. The smallest absolute Gasteiger partial charge is 0.135 e. The second kappa shape index (κ2) is 5.17. The predicted octanol–water partition coefficient (Wildman–Crippen LogP) is 6.46. The third-order valence-corrected chi connectivity index (χ3v) is 6.23. The number of alkyl halides is 1. The normalized spacial score (nSPS) is 23.9. The number of halogens is 1. The van der Waals surface area contributed by atoms with Crippen LogP contribution in [0.15, 0.2) is 46.9 Å². The van der Waals surface area contributed by atoms with Gasteiger partial charge in [-0.25, -0.2) is 0 Å². The van der Waals surface area contributed by atoms with Gasteiger partial charge in [0.25, 0.3) is 0 Å². The average Bonchev–Trinajstić information content (AvgIpc) is 3.09. The Morgan fingerprint density at radius 3 is 2.67 bits per heavy atom. The molecular weight excluding hydrogens is 324 g/mol. The first-order valence-corrected chi connectivity index (χ1v) is 8.71. The minimum atomic E-state index is 0.452. The first kappa shape index (κ1) is 13.4. The maximum Gasteiger partial charge on any atom is 0.135 e. The van der Waals surface area contributed by atoms with Gasteiger partial charge >= 0.3 is 0 Å². The molecule has 1 heterocycles. The van der Waals surface area contributed by atoms with E-state index in [4.69, 9.17) is 4.42 Å². The van der Waals surface area contributed by atoms with E-state index in [0.717, 1.165) is 23.0 Å². The Balaban J connectivity index is 1.80. The zero-order chi connectivity index (χ0) is 14.4. The van der Waals surface area contributed by atoms with Crippen molar-refractivity contribution in [1.29, 1.82) is 0 Å². The van der Waals surface area contributed by atoms with Gasteiger partial charge in [-0.05, 0) is 42.0 Å². The molecule has 3 atom stereocenters. The van der Waals surface area contributed by atoms with Gasteiger partial charge in [0.1, 0.15) is 11.2 Å². The first-order chi connectivity index (χ1) is 10.2.